The average Bonchev–Trinajstić information content (AvgIpc) is 2.14. The van der Waals surface area contributed by atoms with Crippen LogP contribution in [0.25, 0.3) is 0 Å². The SMILES string of the molecule is Oc1cc(C(F)(F)F)c(F)c(C(F)(F)F)c1C(F)(F)F. The maximum Gasteiger partial charge on any atom is 0.420 e. The molecule has 1 aromatic carbocycles. The fourth-order valence-corrected chi connectivity index (χ4v) is 1.40. The van der Waals surface area contributed by atoms with Gasteiger partial charge in [0.05, 0.1) is 5.56 Å². The molecule has 0 unspecified atom stereocenters. The Bertz CT molecular complexity index is 521. The molecule has 1 N–H and O–H groups in total. The van der Waals surface area contributed by atoms with Crippen LogP contribution in [0.5, 0.6) is 5.75 Å². The van der Waals surface area contributed by atoms with Gasteiger partial charge in [-0.3, -0.25) is 0 Å². The summed E-state index contributed by atoms with van der Waals surface area (Å²) in [5.74, 6) is -5.51. The highest BCUT2D eigenvalue weighted by atomic mass is 19.4. The van der Waals surface area contributed by atoms with Crippen molar-refractivity contribution in [3.63, 3.8) is 0 Å². The summed E-state index contributed by atoms with van der Waals surface area (Å²) < 4.78 is 124. The van der Waals surface area contributed by atoms with Gasteiger partial charge in [0.15, 0.2) is 0 Å². The van der Waals surface area contributed by atoms with Crippen molar-refractivity contribution in [1.82, 2.24) is 0 Å². The number of halogens is 10. The Morgan fingerprint density at radius 3 is 1.40 bits per heavy atom. The van der Waals surface area contributed by atoms with E-state index in [1.54, 1.807) is 0 Å². The predicted octanol–water partition coefficient (Wildman–Crippen LogP) is 4.59. The summed E-state index contributed by atoms with van der Waals surface area (Å²) in [4.78, 5) is 0. The van der Waals surface area contributed by atoms with Crippen molar-refractivity contribution in [2.75, 3.05) is 0 Å². The lowest BCUT2D eigenvalue weighted by molar-refractivity contribution is -0.167. The summed E-state index contributed by atoms with van der Waals surface area (Å²) in [6.07, 6.45) is -17.7. The zero-order valence-corrected chi connectivity index (χ0v) is 8.80. The number of hydrogen-bond donors (Lipinski definition) is 1. The van der Waals surface area contributed by atoms with E-state index in [4.69, 9.17) is 5.11 Å². The molecule has 0 aliphatic rings. The minimum atomic E-state index is -6.08. The highest BCUT2D eigenvalue weighted by Gasteiger charge is 2.51. The Balaban J connectivity index is 3.88. The topological polar surface area (TPSA) is 20.2 Å². The van der Waals surface area contributed by atoms with Crippen LogP contribution < -0.4 is 0 Å². The molecule has 20 heavy (non-hydrogen) atoms. The molecular weight excluding hydrogens is 314 g/mol. The van der Waals surface area contributed by atoms with Gasteiger partial charge in [0.1, 0.15) is 22.7 Å². The first kappa shape index (κ1) is 16.4. The molecule has 11 heteroatoms. The van der Waals surface area contributed by atoms with E-state index >= 15 is 0 Å². The highest BCUT2D eigenvalue weighted by Crippen LogP contribution is 2.48. The van der Waals surface area contributed by atoms with Crippen molar-refractivity contribution in [1.29, 1.82) is 0 Å². The standard InChI is InChI=1S/C9H2F10O/c10-6-2(7(11,12)13)1-3(20)4(8(14,15)16)5(6)9(17,18)19/h1,20H. The van der Waals surface area contributed by atoms with Crippen molar-refractivity contribution in [2.24, 2.45) is 0 Å². The molecule has 0 aliphatic heterocycles. The molecule has 0 saturated heterocycles. The van der Waals surface area contributed by atoms with Gasteiger partial charge in [0, 0.05) is 0 Å². The zero-order valence-electron chi connectivity index (χ0n) is 8.80. The van der Waals surface area contributed by atoms with Crippen molar-refractivity contribution in [2.45, 2.75) is 18.5 Å². The fourth-order valence-electron chi connectivity index (χ4n) is 1.40. The molecule has 1 rings (SSSR count). The normalized spacial score (nSPS) is 13.7. The Hall–Kier alpha value is -1.68. The first-order chi connectivity index (χ1) is 8.67. The molecular formula is C9H2F10O. The van der Waals surface area contributed by atoms with Crippen LogP contribution in [0.2, 0.25) is 0 Å². The molecule has 114 valence electrons. The van der Waals surface area contributed by atoms with Crippen LogP contribution >= 0.6 is 0 Å². The van der Waals surface area contributed by atoms with Crippen molar-refractivity contribution < 1.29 is 49.0 Å². The van der Waals surface area contributed by atoms with E-state index in [-0.39, 0.29) is 0 Å². The van der Waals surface area contributed by atoms with Gasteiger partial charge < -0.3 is 5.11 Å². The minimum absolute atomic E-state index is 0.743. The number of rotatable bonds is 0. The van der Waals surface area contributed by atoms with Gasteiger partial charge in [-0.15, -0.1) is 0 Å². The molecule has 1 nitrogen and oxygen atoms in total. The summed E-state index contributed by atoms with van der Waals surface area (Å²) in [6, 6.07) is -0.743. The van der Waals surface area contributed by atoms with Crippen molar-refractivity contribution in [3.05, 3.63) is 28.6 Å². The molecule has 0 amide bonds. The third-order valence-electron chi connectivity index (χ3n) is 2.12. The molecule has 0 aromatic heterocycles. The van der Waals surface area contributed by atoms with Gasteiger partial charge in [-0.25, -0.2) is 4.39 Å². The van der Waals surface area contributed by atoms with E-state index in [9.17, 15) is 43.9 Å². The van der Waals surface area contributed by atoms with Crippen LogP contribution in [-0.4, -0.2) is 5.11 Å². The maximum atomic E-state index is 13.2. The lowest BCUT2D eigenvalue weighted by Crippen LogP contribution is -2.22. The minimum Gasteiger partial charge on any atom is -0.507 e. The van der Waals surface area contributed by atoms with E-state index in [0.717, 1.165) is 0 Å². The van der Waals surface area contributed by atoms with E-state index in [2.05, 4.69) is 0 Å². The summed E-state index contributed by atoms with van der Waals surface area (Å²) in [7, 11) is 0. The third kappa shape index (κ3) is 2.90. The summed E-state index contributed by atoms with van der Waals surface area (Å²) in [5, 5.41) is 8.77. The quantitative estimate of drug-likeness (QED) is 0.694. The third-order valence-corrected chi connectivity index (χ3v) is 2.12. The molecule has 0 atom stereocenters. The smallest absolute Gasteiger partial charge is 0.420 e. The van der Waals surface area contributed by atoms with Crippen LogP contribution in [-0.2, 0) is 18.5 Å². The van der Waals surface area contributed by atoms with E-state index in [1.807, 2.05) is 0 Å². The monoisotopic (exact) mass is 316 g/mol. The molecule has 1 aromatic rings. The summed E-state index contributed by atoms with van der Waals surface area (Å²) in [5.41, 5.74) is -8.76. The van der Waals surface area contributed by atoms with E-state index < -0.39 is 52.9 Å². The van der Waals surface area contributed by atoms with Crippen LogP contribution in [0.15, 0.2) is 6.07 Å². The van der Waals surface area contributed by atoms with E-state index in [0.29, 0.717) is 0 Å². The second-order valence-corrected chi connectivity index (χ2v) is 3.50. The second kappa shape index (κ2) is 4.42. The Kier molecular flexibility index (Phi) is 3.62. The van der Waals surface area contributed by atoms with Gasteiger partial charge in [-0.1, -0.05) is 0 Å². The number of phenols is 1. The Labute approximate surface area is 103 Å². The van der Waals surface area contributed by atoms with Gasteiger partial charge in [-0.2, -0.15) is 39.5 Å². The number of benzene rings is 1. The lowest BCUT2D eigenvalue weighted by Gasteiger charge is -2.20. The zero-order chi connectivity index (χ0) is 16.1. The van der Waals surface area contributed by atoms with Crippen molar-refractivity contribution >= 4 is 0 Å². The van der Waals surface area contributed by atoms with Gasteiger partial charge >= 0.3 is 18.5 Å². The molecule has 0 fully saturated rings. The average molecular weight is 316 g/mol. The number of phenolic OH excluding ortho intramolecular Hbond substituents is 1. The fraction of sp³-hybridized carbons (Fsp3) is 0.333. The molecule has 0 saturated carbocycles. The summed E-state index contributed by atoms with van der Waals surface area (Å²) in [6.45, 7) is 0. The molecule has 0 bridgehead atoms. The van der Waals surface area contributed by atoms with Gasteiger partial charge in [0.2, 0.25) is 0 Å². The van der Waals surface area contributed by atoms with Crippen molar-refractivity contribution in [3.8, 4) is 5.75 Å². The highest BCUT2D eigenvalue weighted by molar-refractivity contribution is 5.48. The number of alkyl halides is 9. The maximum absolute atomic E-state index is 13.2. The van der Waals surface area contributed by atoms with Gasteiger partial charge in [0.25, 0.3) is 0 Å². The molecule has 0 spiro atoms. The van der Waals surface area contributed by atoms with Gasteiger partial charge in [-0.05, 0) is 6.07 Å². The number of hydrogen-bond acceptors (Lipinski definition) is 1. The number of aromatic hydroxyl groups is 1. The first-order valence-corrected chi connectivity index (χ1v) is 4.44. The summed E-state index contributed by atoms with van der Waals surface area (Å²) >= 11 is 0. The van der Waals surface area contributed by atoms with Crippen LogP contribution in [0.4, 0.5) is 43.9 Å². The van der Waals surface area contributed by atoms with Crippen LogP contribution in [0.3, 0.4) is 0 Å². The first-order valence-electron chi connectivity index (χ1n) is 4.44. The molecule has 0 heterocycles. The molecule has 0 aliphatic carbocycles. The lowest BCUT2D eigenvalue weighted by atomic mass is 10.00. The Morgan fingerprint density at radius 1 is 0.700 bits per heavy atom. The van der Waals surface area contributed by atoms with Crippen LogP contribution in [0.1, 0.15) is 16.7 Å². The Morgan fingerprint density at radius 2 is 1.10 bits per heavy atom. The predicted molar refractivity (Wildman–Crippen MR) is 43.1 cm³/mol. The van der Waals surface area contributed by atoms with Crippen LogP contribution in [0, 0.1) is 5.82 Å². The largest absolute Gasteiger partial charge is 0.507 e. The second-order valence-electron chi connectivity index (χ2n) is 3.50. The molecule has 0 radical (unpaired) electrons. The van der Waals surface area contributed by atoms with E-state index in [1.165, 1.54) is 0 Å².